The first-order valence-electron chi connectivity index (χ1n) is 15.3. The van der Waals surface area contributed by atoms with Gasteiger partial charge in [-0.05, 0) is 54.7 Å². The second-order valence-corrected chi connectivity index (χ2v) is 11.1. The minimum absolute atomic E-state index is 0.0376. The third kappa shape index (κ3) is 8.41. The summed E-state index contributed by atoms with van der Waals surface area (Å²) < 4.78 is 33.2. The minimum Gasteiger partial charge on any atom is -0.496 e. The number of anilines is 1. The van der Waals surface area contributed by atoms with Crippen LogP contribution in [0.2, 0.25) is 0 Å². The molecular formula is C34H39F2N5O6. The van der Waals surface area contributed by atoms with Crippen LogP contribution in [0.3, 0.4) is 0 Å². The van der Waals surface area contributed by atoms with Crippen molar-refractivity contribution in [3.8, 4) is 5.75 Å². The standard InChI is InChI=1S/C34H39F2N5O6/c1-4-9-28(21-12-13-24(27(37)16-21)32(43)31(42)20-10-7-6-8-11-20)39-34(45)41-19-30(40-47-5-2)38-18-23(33(41)44)14-22-15-25(35)26(36)17-29(22)46-3/h6-8,10-13,15-17,23,28,31,42H,4-5,9,14,18-19,37H2,1-3H3,(H,38,40)(H,39,45)/t23-,28+,31?/m0/s1. The molecule has 1 heterocycles. The summed E-state index contributed by atoms with van der Waals surface area (Å²) in [4.78, 5) is 46.8. The van der Waals surface area contributed by atoms with Crippen LogP contribution in [0.25, 0.3) is 0 Å². The van der Waals surface area contributed by atoms with Crippen molar-refractivity contribution in [2.45, 2.75) is 45.3 Å². The molecular weight excluding hydrogens is 612 g/mol. The lowest BCUT2D eigenvalue weighted by molar-refractivity contribution is -0.131. The van der Waals surface area contributed by atoms with E-state index < -0.39 is 47.4 Å². The molecule has 250 valence electrons. The summed E-state index contributed by atoms with van der Waals surface area (Å²) in [6.07, 6.45) is -0.327. The largest absolute Gasteiger partial charge is 0.496 e. The van der Waals surface area contributed by atoms with Crippen LogP contribution < -0.4 is 21.1 Å². The van der Waals surface area contributed by atoms with Gasteiger partial charge in [-0.15, -0.1) is 0 Å². The first-order valence-corrected chi connectivity index (χ1v) is 15.3. The maximum atomic E-state index is 14.1. The number of rotatable bonds is 12. The number of hydrogen-bond donors (Lipinski definition) is 4. The number of nitrogens with one attached hydrogen (secondary N) is 2. The topological polar surface area (TPSA) is 156 Å². The van der Waals surface area contributed by atoms with E-state index in [0.717, 1.165) is 17.0 Å². The van der Waals surface area contributed by atoms with E-state index in [1.165, 1.54) is 13.2 Å². The van der Waals surface area contributed by atoms with Crippen molar-refractivity contribution in [1.29, 1.82) is 0 Å². The molecule has 0 aromatic heterocycles. The first-order chi connectivity index (χ1) is 22.6. The van der Waals surface area contributed by atoms with E-state index in [9.17, 15) is 28.3 Å². The van der Waals surface area contributed by atoms with Gasteiger partial charge in [-0.2, -0.15) is 0 Å². The number of aliphatic hydroxyl groups excluding tert-OH is 1. The molecule has 47 heavy (non-hydrogen) atoms. The summed E-state index contributed by atoms with van der Waals surface area (Å²) >= 11 is 0. The molecule has 1 aliphatic heterocycles. The third-order valence-electron chi connectivity index (χ3n) is 7.80. The number of ether oxygens (including phenoxy) is 1. The molecule has 0 aliphatic carbocycles. The monoisotopic (exact) mass is 651 g/mol. The van der Waals surface area contributed by atoms with Gasteiger partial charge in [0.1, 0.15) is 18.5 Å². The van der Waals surface area contributed by atoms with E-state index in [0.29, 0.717) is 24.0 Å². The molecule has 1 aliphatic rings. The van der Waals surface area contributed by atoms with E-state index in [2.05, 4.69) is 15.8 Å². The van der Waals surface area contributed by atoms with Crippen molar-refractivity contribution in [3.63, 3.8) is 0 Å². The predicted octanol–water partition coefficient (Wildman–Crippen LogP) is 4.66. The van der Waals surface area contributed by atoms with E-state index >= 15 is 0 Å². The molecule has 3 amide bonds. The van der Waals surface area contributed by atoms with Crippen molar-refractivity contribution in [3.05, 3.63) is 94.6 Å². The molecule has 0 spiro atoms. The lowest BCUT2D eigenvalue weighted by Crippen LogP contribution is -2.48. The fourth-order valence-electron chi connectivity index (χ4n) is 5.35. The number of urea groups is 1. The quantitative estimate of drug-likeness (QED) is 0.125. The maximum Gasteiger partial charge on any atom is 0.325 e. The van der Waals surface area contributed by atoms with Gasteiger partial charge in [0.2, 0.25) is 5.91 Å². The molecule has 5 N–H and O–H groups in total. The van der Waals surface area contributed by atoms with Gasteiger partial charge in [-0.1, -0.05) is 54.9 Å². The fraction of sp³-hybridized carbons (Fsp3) is 0.353. The molecule has 11 nitrogen and oxygen atoms in total. The van der Waals surface area contributed by atoms with E-state index in [4.69, 9.17) is 15.3 Å². The minimum atomic E-state index is -1.40. The number of benzene rings is 3. The Balaban J connectivity index is 1.58. The van der Waals surface area contributed by atoms with Crippen molar-refractivity contribution in [1.82, 2.24) is 15.5 Å². The van der Waals surface area contributed by atoms with Crippen molar-refractivity contribution < 1.29 is 37.8 Å². The number of imide groups is 1. The van der Waals surface area contributed by atoms with Gasteiger partial charge in [-0.3, -0.25) is 14.5 Å². The number of nitrogen functional groups attached to an aromatic ring is 1. The Hall–Kier alpha value is -5.04. The van der Waals surface area contributed by atoms with Gasteiger partial charge >= 0.3 is 6.03 Å². The van der Waals surface area contributed by atoms with E-state index in [1.54, 1.807) is 49.4 Å². The number of amides is 3. The highest BCUT2D eigenvalue weighted by molar-refractivity contribution is 6.04. The van der Waals surface area contributed by atoms with Gasteiger partial charge in [0, 0.05) is 23.9 Å². The predicted molar refractivity (Wildman–Crippen MR) is 172 cm³/mol. The van der Waals surface area contributed by atoms with Crippen molar-refractivity contribution >= 4 is 29.2 Å². The highest BCUT2D eigenvalue weighted by atomic mass is 19.2. The summed E-state index contributed by atoms with van der Waals surface area (Å²) in [5, 5.41) is 20.6. The second kappa shape index (κ2) is 16.0. The number of amidine groups is 1. The van der Waals surface area contributed by atoms with Crippen LogP contribution in [-0.2, 0) is 16.1 Å². The molecule has 0 radical (unpaired) electrons. The van der Waals surface area contributed by atoms with Crippen LogP contribution in [0.4, 0.5) is 19.3 Å². The van der Waals surface area contributed by atoms with E-state index in [-0.39, 0.29) is 54.5 Å². The number of carbonyl (C=O) groups is 3. The fourth-order valence-corrected chi connectivity index (χ4v) is 5.35. The molecule has 13 heteroatoms. The Morgan fingerprint density at radius 1 is 1.11 bits per heavy atom. The molecule has 0 saturated carbocycles. The number of halogens is 2. The molecule has 4 rings (SSSR count). The van der Waals surface area contributed by atoms with Crippen LogP contribution in [-0.4, -0.2) is 60.4 Å². The lowest BCUT2D eigenvalue weighted by atomic mass is 9.95. The summed E-state index contributed by atoms with van der Waals surface area (Å²) in [6, 6.07) is 13.8. The summed E-state index contributed by atoms with van der Waals surface area (Å²) in [5.74, 6) is -3.90. The summed E-state index contributed by atoms with van der Waals surface area (Å²) in [5.41, 5.74) is 7.82. The molecule has 1 saturated heterocycles. The normalized spacial score (nSPS) is 17.0. The number of Topliss-reactive ketones (excluding diaryl/α,β-unsaturated/α-hetero) is 1. The maximum absolute atomic E-state index is 14.1. The molecule has 3 aromatic rings. The number of aliphatic hydroxyl groups is 1. The average Bonchev–Trinajstić information content (AvgIpc) is 3.22. The third-order valence-corrected chi connectivity index (χ3v) is 7.80. The number of nitrogens with two attached hydrogens (primary N) is 1. The van der Waals surface area contributed by atoms with Gasteiger partial charge in [0.25, 0.3) is 0 Å². The Bertz CT molecular complexity index is 1620. The first kappa shape index (κ1) is 34.8. The second-order valence-electron chi connectivity index (χ2n) is 11.1. The van der Waals surface area contributed by atoms with Crippen molar-refractivity contribution in [2.24, 2.45) is 11.1 Å². The Morgan fingerprint density at radius 2 is 1.83 bits per heavy atom. The smallest absolute Gasteiger partial charge is 0.325 e. The molecule has 3 aromatic carbocycles. The highest BCUT2D eigenvalue weighted by Crippen LogP contribution is 2.29. The van der Waals surface area contributed by atoms with Crippen LogP contribution in [0, 0.1) is 17.6 Å². The highest BCUT2D eigenvalue weighted by Gasteiger charge is 2.35. The number of carbonyl (C=O) groups excluding carboxylic acids is 3. The Kier molecular flexibility index (Phi) is 11.8. The summed E-state index contributed by atoms with van der Waals surface area (Å²) in [7, 11) is 1.31. The van der Waals surface area contributed by atoms with Gasteiger partial charge < -0.3 is 31.0 Å². The number of oxime groups is 1. The molecule has 1 fully saturated rings. The zero-order chi connectivity index (χ0) is 34.1. The van der Waals surface area contributed by atoms with Crippen LogP contribution in [0.5, 0.6) is 5.75 Å². The molecule has 0 bridgehead atoms. The molecule has 3 atom stereocenters. The van der Waals surface area contributed by atoms with Crippen LogP contribution in [0.15, 0.2) is 65.8 Å². The Labute approximate surface area is 271 Å². The SMILES string of the molecule is CCC[C@@H](NC(=O)N1CC(=NOCC)NC[C@H](Cc2cc(F)c(F)cc2OC)C1=O)c1ccc(C(=O)C(O)c2ccccc2)c(N)c1. The molecule has 1 unspecified atom stereocenters. The Morgan fingerprint density at radius 3 is 2.49 bits per heavy atom. The van der Waals surface area contributed by atoms with Gasteiger partial charge in [0.05, 0.1) is 25.6 Å². The number of ketones is 1. The van der Waals surface area contributed by atoms with Gasteiger partial charge in [0.15, 0.2) is 23.3 Å². The average molecular weight is 652 g/mol. The lowest BCUT2D eigenvalue weighted by Gasteiger charge is -2.26. The number of hydrogen-bond acceptors (Lipinski definition) is 8. The summed E-state index contributed by atoms with van der Waals surface area (Å²) in [6.45, 7) is 3.71. The van der Waals surface area contributed by atoms with Gasteiger partial charge in [-0.25, -0.2) is 13.6 Å². The zero-order valence-electron chi connectivity index (χ0n) is 26.5. The van der Waals surface area contributed by atoms with Crippen LogP contribution >= 0.6 is 0 Å². The zero-order valence-corrected chi connectivity index (χ0v) is 26.5. The van der Waals surface area contributed by atoms with Crippen LogP contribution in [0.1, 0.15) is 65.9 Å². The van der Waals surface area contributed by atoms with E-state index in [1.807, 2.05) is 6.92 Å². The number of methoxy groups -OCH3 is 1. The van der Waals surface area contributed by atoms with Crippen molar-refractivity contribution in [2.75, 3.05) is 32.5 Å². The number of nitrogens with zero attached hydrogens (tertiary/aromatic N) is 2.